The van der Waals surface area contributed by atoms with Crippen molar-refractivity contribution < 1.29 is 8.42 Å². The summed E-state index contributed by atoms with van der Waals surface area (Å²) >= 11 is 0. The lowest BCUT2D eigenvalue weighted by Crippen LogP contribution is -2.11. The molecule has 0 bridgehead atoms. The lowest BCUT2D eigenvalue weighted by Gasteiger charge is -2.07. The summed E-state index contributed by atoms with van der Waals surface area (Å²) in [4.78, 5) is 0. The maximum atomic E-state index is 11.0. The minimum atomic E-state index is -3.33. The monoisotopic (exact) mass is 292 g/mol. The maximum absolute atomic E-state index is 11.0. The van der Waals surface area contributed by atoms with Crippen molar-refractivity contribution in [1.82, 2.24) is 10.2 Å². The van der Waals surface area contributed by atoms with E-state index in [9.17, 15) is 8.42 Å². The molecule has 0 aliphatic rings. The summed E-state index contributed by atoms with van der Waals surface area (Å²) in [5, 5.41) is 10.8. The fourth-order valence-corrected chi connectivity index (χ4v) is 2.10. The van der Waals surface area contributed by atoms with E-state index in [-0.39, 0.29) is 5.82 Å². The average Bonchev–Trinajstić information content (AvgIpc) is 2.40. The van der Waals surface area contributed by atoms with Crippen molar-refractivity contribution in [3.63, 3.8) is 0 Å². The molecule has 0 aliphatic carbocycles. The summed E-state index contributed by atoms with van der Waals surface area (Å²) < 4.78 is 24.3. The first-order valence-electron chi connectivity index (χ1n) is 6.14. The van der Waals surface area contributed by atoms with E-state index in [0.717, 1.165) is 18.4 Å². The van der Waals surface area contributed by atoms with Crippen LogP contribution in [0.4, 0.5) is 17.3 Å². The molecule has 0 spiro atoms. The van der Waals surface area contributed by atoms with Gasteiger partial charge in [0, 0.05) is 5.69 Å². The maximum Gasteiger partial charge on any atom is 0.231 e. The number of sulfonamides is 1. The van der Waals surface area contributed by atoms with E-state index in [4.69, 9.17) is 0 Å². The van der Waals surface area contributed by atoms with Crippen molar-refractivity contribution in [2.75, 3.05) is 16.3 Å². The Kier molecular flexibility index (Phi) is 4.19. The summed E-state index contributed by atoms with van der Waals surface area (Å²) in [6, 6.07) is 11.2. The van der Waals surface area contributed by atoms with Crippen molar-refractivity contribution in [2.45, 2.75) is 13.3 Å². The van der Waals surface area contributed by atoms with E-state index in [1.807, 2.05) is 24.3 Å². The van der Waals surface area contributed by atoms with Gasteiger partial charge in [0.1, 0.15) is 0 Å². The van der Waals surface area contributed by atoms with Crippen molar-refractivity contribution in [3.05, 3.63) is 42.0 Å². The first kappa shape index (κ1) is 14.3. The van der Waals surface area contributed by atoms with Crippen molar-refractivity contribution in [2.24, 2.45) is 0 Å². The third-order valence-corrected chi connectivity index (χ3v) is 3.17. The van der Waals surface area contributed by atoms with Gasteiger partial charge in [0.2, 0.25) is 10.0 Å². The molecule has 0 radical (unpaired) electrons. The fourth-order valence-electron chi connectivity index (χ4n) is 1.61. The lowest BCUT2D eigenvalue weighted by atomic mass is 10.1. The topological polar surface area (TPSA) is 84.0 Å². The van der Waals surface area contributed by atoms with Crippen LogP contribution in [0, 0.1) is 0 Å². The van der Waals surface area contributed by atoms with Crippen molar-refractivity contribution in [3.8, 4) is 0 Å². The third kappa shape index (κ3) is 4.20. The molecule has 2 rings (SSSR count). The SMILES string of the molecule is CCc1ccc(Nc2ccc(NS(C)(=O)=O)nn2)cc1. The first-order valence-corrected chi connectivity index (χ1v) is 8.03. The van der Waals surface area contributed by atoms with Crippen molar-refractivity contribution in [1.29, 1.82) is 0 Å². The molecule has 1 aromatic carbocycles. The van der Waals surface area contributed by atoms with Crippen molar-refractivity contribution >= 4 is 27.3 Å². The highest BCUT2D eigenvalue weighted by molar-refractivity contribution is 7.92. The largest absolute Gasteiger partial charge is 0.339 e. The molecule has 106 valence electrons. The highest BCUT2D eigenvalue weighted by Gasteiger charge is 2.04. The summed E-state index contributed by atoms with van der Waals surface area (Å²) in [7, 11) is -3.33. The first-order chi connectivity index (χ1) is 9.46. The average molecular weight is 292 g/mol. The summed E-state index contributed by atoms with van der Waals surface area (Å²) in [5.41, 5.74) is 2.16. The van der Waals surface area contributed by atoms with Gasteiger partial charge < -0.3 is 5.32 Å². The number of anilines is 3. The molecule has 0 amide bonds. The highest BCUT2D eigenvalue weighted by atomic mass is 32.2. The smallest absolute Gasteiger partial charge is 0.231 e. The van der Waals surface area contributed by atoms with E-state index in [1.165, 1.54) is 5.56 Å². The van der Waals surface area contributed by atoms with Gasteiger partial charge in [-0.25, -0.2) is 8.42 Å². The standard InChI is InChI=1S/C13H16N4O2S/c1-3-10-4-6-11(7-5-10)14-12-8-9-13(16-15-12)17-20(2,18)19/h4-9H,3H2,1-2H3,(H,14,15)(H,16,17). The number of aryl methyl sites for hydroxylation is 1. The van der Waals surface area contributed by atoms with Crippen LogP contribution in [0.15, 0.2) is 36.4 Å². The number of hydrogen-bond donors (Lipinski definition) is 2. The van der Waals surface area contributed by atoms with Crippen LogP contribution >= 0.6 is 0 Å². The normalized spacial score (nSPS) is 11.1. The zero-order chi connectivity index (χ0) is 14.6. The van der Waals surface area contributed by atoms with Crippen LogP contribution in [0.5, 0.6) is 0 Å². The molecule has 0 saturated heterocycles. The molecule has 2 aromatic rings. The van der Waals surface area contributed by atoms with E-state index < -0.39 is 10.0 Å². The van der Waals surface area contributed by atoms with Crippen LogP contribution in [-0.4, -0.2) is 24.9 Å². The molecule has 0 saturated carbocycles. The number of benzene rings is 1. The van der Waals surface area contributed by atoms with Gasteiger partial charge in [-0.05, 0) is 36.2 Å². The number of hydrogen-bond acceptors (Lipinski definition) is 5. The molecule has 7 heteroatoms. The van der Waals surface area contributed by atoms with E-state index in [1.54, 1.807) is 12.1 Å². The van der Waals surface area contributed by atoms with Gasteiger partial charge in [-0.2, -0.15) is 0 Å². The molecule has 1 aromatic heterocycles. The zero-order valence-corrected chi connectivity index (χ0v) is 12.1. The molecular weight excluding hydrogens is 276 g/mol. The van der Waals surface area contributed by atoms with Crippen LogP contribution in [0.25, 0.3) is 0 Å². The molecule has 0 aliphatic heterocycles. The quantitative estimate of drug-likeness (QED) is 0.882. The minimum absolute atomic E-state index is 0.194. The zero-order valence-electron chi connectivity index (χ0n) is 11.3. The Morgan fingerprint density at radius 1 is 1.00 bits per heavy atom. The minimum Gasteiger partial charge on any atom is -0.339 e. The number of rotatable bonds is 5. The van der Waals surface area contributed by atoms with Gasteiger partial charge in [0.25, 0.3) is 0 Å². The number of nitrogens with zero attached hydrogens (tertiary/aromatic N) is 2. The van der Waals surface area contributed by atoms with Crippen LogP contribution in [-0.2, 0) is 16.4 Å². The molecule has 1 heterocycles. The van der Waals surface area contributed by atoms with Gasteiger partial charge in [-0.1, -0.05) is 19.1 Å². The van der Waals surface area contributed by atoms with Crippen LogP contribution in [0.3, 0.4) is 0 Å². The molecule has 0 atom stereocenters. The molecule has 6 nitrogen and oxygen atoms in total. The second-order valence-electron chi connectivity index (χ2n) is 4.35. The molecule has 20 heavy (non-hydrogen) atoms. The van der Waals surface area contributed by atoms with Gasteiger partial charge >= 0.3 is 0 Å². The summed E-state index contributed by atoms with van der Waals surface area (Å²) in [6.07, 6.45) is 2.06. The third-order valence-electron chi connectivity index (χ3n) is 2.59. The second-order valence-corrected chi connectivity index (χ2v) is 6.10. The Hall–Kier alpha value is -2.15. The highest BCUT2D eigenvalue weighted by Crippen LogP contribution is 2.16. The number of aromatic nitrogens is 2. The van der Waals surface area contributed by atoms with Crippen LogP contribution in [0.2, 0.25) is 0 Å². The Balaban J connectivity index is 2.06. The van der Waals surface area contributed by atoms with Crippen LogP contribution in [0.1, 0.15) is 12.5 Å². The van der Waals surface area contributed by atoms with Gasteiger partial charge in [0.15, 0.2) is 11.6 Å². The number of nitrogens with one attached hydrogen (secondary N) is 2. The van der Waals surface area contributed by atoms with Crippen LogP contribution < -0.4 is 10.0 Å². The van der Waals surface area contributed by atoms with E-state index >= 15 is 0 Å². The predicted octanol–water partition coefficient (Wildman–Crippen LogP) is 2.15. The van der Waals surface area contributed by atoms with Gasteiger partial charge in [-0.15, -0.1) is 10.2 Å². The molecule has 0 unspecified atom stereocenters. The van der Waals surface area contributed by atoms with E-state index in [0.29, 0.717) is 5.82 Å². The Morgan fingerprint density at radius 3 is 2.10 bits per heavy atom. The Labute approximate surface area is 118 Å². The predicted molar refractivity (Wildman–Crippen MR) is 79.6 cm³/mol. The second kappa shape index (κ2) is 5.87. The summed E-state index contributed by atoms with van der Waals surface area (Å²) in [6.45, 7) is 2.10. The molecule has 0 fully saturated rings. The Morgan fingerprint density at radius 2 is 1.60 bits per heavy atom. The molecular formula is C13H16N4O2S. The Bertz CT molecular complexity index is 667. The summed E-state index contributed by atoms with van der Waals surface area (Å²) in [5.74, 6) is 0.743. The fraction of sp³-hybridized carbons (Fsp3) is 0.231. The lowest BCUT2D eigenvalue weighted by molar-refractivity contribution is 0.606. The van der Waals surface area contributed by atoms with Gasteiger partial charge in [-0.3, -0.25) is 4.72 Å². The molecule has 2 N–H and O–H groups in total. The van der Waals surface area contributed by atoms with E-state index in [2.05, 4.69) is 27.2 Å². The van der Waals surface area contributed by atoms with Gasteiger partial charge in [0.05, 0.1) is 6.26 Å².